The van der Waals surface area contributed by atoms with Crippen LogP contribution in [0.15, 0.2) is 47.8 Å². The van der Waals surface area contributed by atoms with Crippen molar-refractivity contribution in [1.82, 2.24) is 0 Å². The third kappa shape index (κ3) is 4.07. The van der Waals surface area contributed by atoms with Crippen LogP contribution in [-0.4, -0.2) is 33.2 Å². The van der Waals surface area contributed by atoms with Gasteiger partial charge in [0.1, 0.15) is 16.4 Å². The second kappa shape index (κ2) is 8.74. The third-order valence-electron chi connectivity index (χ3n) is 4.22. The Morgan fingerprint density at radius 2 is 1.72 bits per heavy atom. The summed E-state index contributed by atoms with van der Waals surface area (Å²) < 4.78 is 29.4. The Morgan fingerprint density at radius 1 is 1.00 bits per heavy atom. The van der Waals surface area contributed by atoms with E-state index < -0.39 is 17.7 Å². The van der Waals surface area contributed by atoms with Crippen LogP contribution in [-0.2, 0) is 4.74 Å². The van der Waals surface area contributed by atoms with Gasteiger partial charge in [0.05, 0.1) is 26.9 Å². The lowest BCUT2D eigenvalue weighted by atomic mass is 10.0. The smallest absolute Gasteiger partial charge is 0.341 e. The van der Waals surface area contributed by atoms with E-state index in [1.165, 1.54) is 39.5 Å². The van der Waals surface area contributed by atoms with Crippen LogP contribution in [0.5, 0.6) is 11.5 Å². The van der Waals surface area contributed by atoms with Gasteiger partial charge in [0.15, 0.2) is 11.5 Å². The van der Waals surface area contributed by atoms with E-state index in [0.29, 0.717) is 22.6 Å². The van der Waals surface area contributed by atoms with Crippen molar-refractivity contribution in [2.45, 2.75) is 0 Å². The van der Waals surface area contributed by atoms with Crippen molar-refractivity contribution in [3.63, 3.8) is 0 Å². The topological polar surface area (TPSA) is 73.9 Å². The Labute approximate surface area is 170 Å². The lowest BCUT2D eigenvalue weighted by Crippen LogP contribution is -2.15. The second-order valence-electron chi connectivity index (χ2n) is 5.85. The van der Waals surface area contributed by atoms with Crippen LogP contribution in [0, 0.1) is 5.82 Å². The van der Waals surface area contributed by atoms with Crippen molar-refractivity contribution in [3.05, 3.63) is 64.8 Å². The standard InChI is InChI=1S/C21H18FNO5S/c1-26-16-9-8-12(10-17(16)27-2)14-11-29-20(18(14)21(25)28-3)23-19(24)13-6-4-5-7-15(13)22/h4-11H,1-3H3,(H,23,24). The van der Waals surface area contributed by atoms with E-state index in [0.717, 1.165) is 11.3 Å². The van der Waals surface area contributed by atoms with Crippen LogP contribution in [0.25, 0.3) is 11.1 Å². The summed E-state index contributed by atoms with van der Waals surface area (Å²) in [5.74, 6) is -0.904. The summed E-state index contributed by atoms with van der Waals surface area (Å²) in [5.41, 5.74) is 1.27. The third-order valence-corrected chi connectivity index (χ3v) is 5.12. The van der Waals surface area contributed by atoms with Gasteiger partial charge in [0, 0.05) is 10.9 Å². The fraction of sp³-hybridized carbons (Fsp3) is 0.143. The first-order valence-electron chi connectivity index (χ1n) is 8.48. The van der Waals surface area contributed by atoms with Crippen LogP contribution >= 0.6 is 11.3 Å². The van der Waals surface area contributed by atoms with Gasteiger partial charge < -0.3 is 19.5 Å². The highest BCUT2D eigenvalue weighted by Crippen LogP contribution is 2.39. The highest BCUT2D eigenvalue weighted by molar-refractivity contribution is 7.15. The summed E-state index contributed by atoms with van der Waals surface area (Å²) in [6.45, 7) is 0. The maximum absolute atomic E-state index is 13.9. The summed E-state index contributed by atoms with van der Waals surface area (Å²) in [6.07, 6.45) is 0. The van der Waals surface area contributed by atoms with E-state index in [1.54, 1.807) is 29.6 Å². The molecule has 0 aliphatic rings. The largest absolute Gasteiger partial charge is 0.493 e. The predicted octanol–water partition coefficient (Wildman–Crippen LogP) is 4.61. The van der Waals surface area contributed by atoms with Gasteiger partial charge in [0.25, 0.3) is 5.91 Å². The molecule has 0 radical (unpaired) electrons. The maximum Gasteiger partial charge on any atom is 0.341 e. The fourth-order valence-electron chi connectivity index (χ4n) is 2.79. The average Bonchev–Trinajstić information content (AvgIpc) is 3.16. The number of benzene rings is 2. The summed E-state index contributed by atoms with van der Waals surface area (Å²) in [4.78, 5) is 24.9. The zero-order chi connectivity index (χ0) is 21.0. The van der Waals surface area contributed by atoms with Gasteiger partial charge >= 0.3 is 5.97 Å². The number of methoxy groups -OCH3 is 3. The number of carbonyl (C=O) groups is 2. The Bertz CT molecular complexity index is 1060. The van der Waals surface area contributed by atoms with Crippen LogP contribution in [0.4, 0.5) is 9.39 Å². The zero-order valence-corrected chi connectivity index (χ0v) is 16.8. The maximum atomic E-state index is 13.9. The molecule has 0 unspecified atom stereocenters. The number of hydrogen-bond donors (Lipinski definition) is 1. The molecule has 29 heavy (non-hydrogen) atoms. The molecule has 0 spiro atoms. The van der Waals surface area contributed by atoms with Crippen molar-refractivity contribution < 1.29 is 28.2 Å². The van der Waals surface area contributed by atoms with Gasteiger partial charge in [-0.2, -0.15) is 0 Å². The molecule has 1 aromatic heterocycles. The monoisotopic (exact) mass is 415 g/mol. The van der Waals surface area contributed by atoms with E-state index in [1.807, 2.05) is 0 Å². The van der Waals surface area contributed by atoms with Crippen LogP contribution in [0.2, 0.25) is 0 Å². The number of nitrogens with one attached hydrogen (secondary N) is 1. The van der Waals surface area contributed by atoms with Gasteiger partial charge in [-0.05, 0) is 29.8 Å². The number of anilines is 1. The SMILES string of the molecule is COC(=O)c1c(-c2ccc(OC)c(OC)c2)csc1NC(=O)c1ccccc1F. The van der Waals surface area contributed by atoms with Crippen molar-refractivity contribution in [2.75, 3.05) is 26.6 Å². The van der Waals surface area contributed by atoms with Crippen molar-refractivity contribution in [3.8, 4) is 22.6 Å². The van der Waals surface area contributed by atoms with E-state index in [-0.39, 0.29) is 16.1 Å². The number of hydrogen-bond acceptors (Lipinski definition) is 6. The van der Waals surface area contributed by atoms with Crippen LogP contribution < -0.4 is 14.8 Å². The molecule has 1 N–H and O–H groups in total. The van der Waals surface area contributed by atoms with E-state index in [4.69, 9.17) is 14.2 Å². The minimum atomic E-state index is -0.658. The quantitative estimate of drug-likeness (QED) is 0.595. The highest BCUT2D eigenvalue weighted by Gasteiger charge is 2.24. The summed E-state index contributed by atoms with van der Waals surface area (Å²) in [6, 6.07) is 10.8. The van der Waals surface area contributed by atoms with E-state index in [2.05, 4.69) is 5.32 Å². The predicted molar refractivity (Wildman–Crippen MR) is 109 cm³/mol. The lowest BCUT2D eigenvalue weighted by molar-refractivity contribution is 0.0603. The molecule has 1 heterocycles. The van der Waals surface area contributed by atoms with Crippen LogP contribution in [0.1, 0.15) is 20.7 Å². The molecule has 0 aliphatic heterocycles. The van der Waals surface area contributed by atoms with E-state index >= 15 is 0 Å². The molecule has 3 aromatic rings. The molecule has 3 rings (SSSR count). The molecule has 0 bridgehead atoms. The number of carbonyl (C=O) groups excluding carboxylic acids is 2. The van der Waals surface area contributed by atoms with Crippen molar-refractivity contribution in [1.29, 1.82) is 0 Å². The van der Waals surface area contributed by atoms with Gasteiger partial charge in [-0.25, -0.2) is 9.18 Å². The van der Waals surface area contributed by atoms with Gasteiger partial charge in [-0.15, -0.1) is 11.3 Å². The molecule has 6 nitrogen and oxygen atoms in total. The van der Waals surface area contributed by atoms with E-state index in [9.17, 15) is 14.0 Å². The molecule has 2 aromatic carbocycles. The Morgan fingerprint density at radius 3 is 2.38 bits per heavy atom. The molecule has 0 aliphatic carbocycles. The Hall–Kier alpha value is -3.39. The number of amides is 1. The first-order chi connectivity index (χ1) is 14.0. The Balaban J connectivity index is 2.03. The summed E-state index contributed by atoms with van der Waals surface area (Å²) >= 11 is 1.14. The minimum Gasteiger partial charge on any atom is -0.493 e. The van der Waals surface area contributed by atoms with Crippen molar-refractivity contribution in [2.24, 2.45) is 0 Å². The van der Waals surface area contributed by atoms with Crippen LogP contribution in [0.3, 0.4) is 0 Å². The summed E-state index contributed by atoms with van der Waals surface area (Å²) in [5, 5.41) is 4.58. The molecule has 1 amide bonds. The molecular formula is C21H18FNO5S. The van der Waals surface area contributed by atoms with Gasteiger partial charge in [-0.1, -0.05) is 18.2 Å². The number of esters is 1. The van der Waals surface area contributed by atoms with Gasteiger partial charge in [-0.3, -0.25) is 4.79 Å². The highest BCUT2D eigenvalue weighted by atomic mass is 32.1. The lowest BCUT2D eigenvalue weighted by Gasteiger charge is -2.11. The normalized spacial score (nSPS) is 10.3. The zero-order valence-electron chi connectivity index (χ0n) is 15.9. The molecule has 0 saturated heterocycles. The first-order valence-corrected chi connectivity index (χ1v) is 9.36. The van der Waals surface area contributed by atoms with Crippen molar-refractivity contribution >= 4 is 28.2 Å². The van der Waals surface area contributed by atoms with Gasteiger partial charge in [0.2, 0.25) is 0 Å². The Kier molecular flexibility index (Phi) is 6.13. The molecule has 0 fully saturated rings. The second-order valence-corrected chi connectivity index (χ2v) is 6.73. The number of ether oxygens (including phenoxy) is 3. The molecule has 0 saturated carbocycles. The first kappa shape index (κ1) is 20.3. The molecule has 150 valence electrons. The number of thiophene rings is 1. The average molecular weight is 415 g/mol. The number of halogens is 1. The number of rotatable bonds is 6. The summed E-state index contributed by atoms with van der Waals surface area (Å²) in [7, 11) is 4.29. The fourth-order valence-corrected chi connectivity index (χ4v) is 3.74. The molecule has 8 heteroatoms. The minimum absolute atomic E-state index is 0.121. The molecule has 0 atom stereocenters. The molecular weight excluding hydrogens is 397 g/mol.